The molecule has 1 aromatic heterocycles. The van der Waals surface area contributed by atoms with E-state index in [0.717, 1.165) is 48.0 Å². The standard InChI is InChI=1S/C26H30F3N5O/c1-34(2)24-22-7-3-4-8-23(22)32-25(33-24)31-20-13-11-19(12-14-20)30-17-5-6-18-9-15-21(16-10-18)35-26(27,28)29/h3-10,15-16,19-20,30H,11-14,17H2,1-2H3,(H,31,32,33)/b6-5+. The molecule has 0 radical (unpaired) electrons. The number of halogens is 3. The number of nitrogens with one attached hydrogen (secondary N) is 2. The monoisotopic (exact) mass is 485 g/mol. The Kier molecular flexibility index (Phi) is 7.75. The van der Waals surface area contributed by atoms with E-state index < -0.39 is 6.36 Å². The maximum absolute atomic E-state index is 12.2. The largest absolute Gasteiger partial charge is 0.573 e. The molecule has 0 aliphatic heterocycles. The van der Waals surface area contributed by atoms with E-state index in [1.165, 1.54) is 12.1 Å². The number of para-hydroxylation sites is 1. The predicted molar refractivity (Wildman–Crippen MR) is 134 cm³/mol. The first-order valence-electron chi connectivity index (χ1n) is 11.7. The molecular weight excluding hydrogens is 455 g/mol. The van der Waals surface area contributed by atoms with E-state index in [1.54, 1.807) is 12.1 Å². The van der Waals surface area contributed by atoms with E-state index in [0.29, 0.717) is 24.6 Å². The summed E-state index contributed by atoms with van der Waals surface area (Å²) in [5.74, 6) is 1.35. The minimum Gasteiger partial charge on any atom is -0.406 e. The molecular formula is C26H30F3N5O. The first-order valence-corrected chi connectivity index (χ1v) is 11.7. The molecule has 6 nitrogen and oxygen atoms in total. The van der Waals surface area contributed by atoms with Crippen molar-refractivity contribution in [1.29, 1.82) is 0 Å². The maximum Gasteiger partial charge on any atom is 0.573 e. The Balaban J connectivity index is 1.23. The van der Waals surface area contributed by atoms with Crippen molar-refractivity contribution >= 4 is 28.7 Å². The molecule has 0 bridgehead atoms. The number of fused-ring (bicyclic) bond motifs is 1. The Bertz CT molecular complexity index is 1140. The summed E-state index contributed by atoms with van der Waals surface area (Å²) in [4.78, 5) is 11.5. The minimum atomic E-state index is -4.67. The lowest BCUT2D eigenvalue weighted by Crippen LogP contribution is -2.37. The molecule has 0 spiro atoms. The van der Waals surface area contributed by atoms with Crippen LogP contribution in [0.3, 0.4) is 0 Å². The fourth-order valence-electron chi connectivity index (χ4n) is 4.30. The van der Waals surface area contributed by atoms with Crippen LogP contribution in [-0.4, -0.2) is 49.1 Å². The molecule has 1 saturated carbocycles. The van der Waals surface area contributed by atoms with E-state index in [4.69, 9.17) is 9.97 Å². The van der Waals surface area contributed by atoms with E-state index >= 15 is 0 Å². The number of alkyl halides is 3. The van der Waals surface area contributed by atoms with Crippen molar-refractivity contribution in [3.63, 3.8) is 0 Å². The third kappa shape index (κ3) is 7.08. The Labute approximate surface area is 203 Å². The average molecular weight is 486 g/mol. The highest BCUT2D eigenvalue weighted by molar-refractivity contribution is 5.90. The number of aromatic nitrogens is 2. The van der Waals surface area contributed by atoms with Crippen LogP contribution in [0.4, 0.5) is 24.9 Å². The Morgan fingerprint density at radius 2 is 1.66 bits per heavy atom. The lowest BCUT2D eigenvalue weighted by molar-refractivity contribution is -0.274. The predicted octanol–water partition coefficient (Wildman–Crippen LogP) is 5.62. The highest BCUT2D eigenvalue weighted by Crippen LogP contribution is 2.26. The fraction of sp³-hybridized carbons (Fsp3) is 0.385. The molecule has 0 saturated heterocycles. The van der Waals surface area contributed by atoms with Crippen LogP contribution < -0.4 is 20.3 Å². The van der Waals surface area contributed by atoms with Crippen molar-refractivity contribution in [2.45, 2.75) is 44.1 Å². The molecule has 1 fully saturated rings. The molecule has 1 aliphatic rings. The van der Waals surface area contributed by atoms with Gasteiger partial charge in [0.1, 0.15) is 11.6 Å². The van der Waals surface area contributed by atoms with Crippen LogP contribution in [0.5, 0.6) is 5.75 Å². The molecule has 2 aromatic carbocycles. The zero-order valence-corrected chi connectivity index (χ0v) is 19.8. The summed E-state index contributed by atoms with van der Waals surface area (Å²) in [6.45, 7) is 0.698. The number of hydrogen-bond donors (Lipinski definition) is 2. The van der Waals surface area contributed by atoms with E-state index in [-0.39, 0.29) is 5.75 Å². The number of rotatable bonds is 8. The van der Waals surface area contributed by atoms with E-state index in [9.17, 15) is 13.2 Å². The van der Waals surface area contributed by atoms with Gasteiger partial charge < -0.3 is 20.3 Å². The number of hydrogen-bond acceptors (Lipinski definition) is 6. The van der Waals surface area contributed by atoms with Crippen molar-refractivity contribution in [1.82, 2.24) is 15.3 Å². The normalized spacial score (nSPS) is 18.7. The van der Waals surface area contributed by atoms with Crippen LogP contribution >= 0.6 is 0 Å². The minimum absolute atomic E-state index is 0.217. The Morgan fingerprint density at radius 3 is 2.34 bits per heavy atom. The molecule has 0 unspecified atom stereocenters. The third-order valence-corrected chi connectivity index (χ3v) is 6.02. The van der Waals surface area contributed by atoms with Gasteiger partial charge in [0.05, 0.1) is 5.52 Å². The number of benzene rings is 2. The molecule has 1 aliphatic carbocycles. The van der Waals surface area contributed by atoms with Gasteiger partial charge in [0, 0.05) is 38.1 Å². The van der Waals surface area contributed by atoms with Gasteiger partial charge in [-0.15, -0.1) is 13.2 Å². The first kappa shape index (κ1) is 24.8. The highest BCUT2D eigenvalue weighted by Gasteiger charge is 2.30. The lowest BCUT2D eigenvalue weighted by Gasteiger charge is -2.29. The number of anilines is 2. The summed E-state index contributed by atoms with van der Waals surface area (Å²) in [5.41, 5.74) is 1.75. The summed E-state index contributed by atoms with van der Waals surface area (Å²) in [6, 6.07) is 14.6. The molecule has 2 N–H and O–H groups in total. The molecule has 0 amide bonds. The first-order chi connectivity index (χ1) is 16.8. The molecule has 35 heavy (non-hydrogen) atoms. The third-order valence-electron chi connectivity index (χ3n) is 6.02. The van der Waals surface area contributed by atoms with Crippen molar-refractivity contribution in [2.24, 2.45) is 0 Å². The lowest BCUT2D eigenvalue weighted by atomic mass is 9.91. The van der Waals surface area contributed by atoms with Gasteiger partial charge in [-0.25, -0.2) is 4.98 Å². The van der Waals surface area contributed by atoms with Gasteiger partial charge in [0.15, 0.2) is 0 Å². The number of ether oxygens (including phenoxy) is 1. The highest BCUT2D eigenvalue weighted by atomic mass is 19.4. The zero-order valence-electron chi connectivity index (χ0n) is 19.8. The van der Waals surface area contributed by atoms with Crippen LogP contribution in [0.1, 0.15) is 31.2 Å². The van der Waals surface area contributed by atoms with Gasteiger partial charge >= 0.3 is 6.36 Å². The quantitative estimate of drug-likeness (QED) is 0.432. The summed E-state index contributed by atoms with van der Waals surface area (Å²) in [6.07, 6.45) is 3.33. The van der Waals surface area contributed by atoms with Gasteiger partial charge in [0.2, 0.25) is 5.95 Å². The second kappa shape index (κ2) is 10.9. The van der Waals surface area contributed by atoms with Crippen LogP contribution in [0, 0.1) is 0 Å². The summed E-state index contributed by atoms with van der Waals surface area (Å²) in [7, 11) is 3.97. The van der Waals surface area contributed by atoms with Crippen LogP contribution in [-0.2, 0) is 0 Å². The molecule has 3 aromatic rings. The summed E-state index contributed by atoms with van der Waals surface area (Å²) >= 11 is 0. The second-order valence-electron chi connectivity index (χ2n) is 8.90. The van der Waals surface area contributed by atoms with Crippen molar-refractivity contribution < 1.29 is 17.9 Å². The topological polar surface area (TPSA) is 62.3 Å². The second-order valence-corrected chi connectivity index (χ2v) is 8.90. The van der Waals surface area contributed by atoms with Gasteiger partial charge in [-0.3, -0.25) is 0 Å². The summed E-state index contributed by atoms with van der Waals surface area (Å²) in [5, 5.41) is 8.10. The Hall–Kier alpha value is -3.33. The van der Waals surface area contributed by atoms with E-state index in [2.05, 4.69) is 15.4 Å². The van der Waals surface area contributed by atoms with Gasteiger partial charge in [0.25, 0.3) is 0 Å². The van der Waals surface area contributed by atoms with Crippen molar-refractivity contribution in [3.05, 3.63) is 60.2 Å². The molecule has 9 heteroatoms. The smallest absolute Gasteiger partial charge is 0.406 e. The van der Waals surface area contributed by atoms with Crippen LogP contribution in [0.25, 0.3) is 17.0 Å². The van der Waals surface area contributed by atoms with Crippen LogP contribution in [0.2, 0.25) is 0 Å². The van der Waals surface area contributed by atoms with Crippen LogP contribution in [0.15, 0.2) is 54.6 Å². The SMILES string of the molecule is CN(C)c1nc(NC2CCC(NC/C=C/c3ccc(OC(F)(F)F)cc3)CC2)nc2ccccc12. The zero-order chi connectivity index (χ0) is 24.8. The average Bonchev–Trinajstić information content (AvgIpc) is 2.82. The summed E-state index contributed by atoms with van der Waals surface area (Å²) < 4.78 is 40.6. The molecule has 186 valence electrons. The Morgan fingerprint density at radius 1 is 0.971 bits per heavy atom. The molecule has 0 atom stereocenters. The van der Waals surface area contributed by atoms with E-state index in [1.807, 2.05) is 55.4 Å². The van der Waals surface area contributed by atoms with Crippen molar-refractivity contribution in [2.75, 3.05) is 30.9 Å². The number of nitrogens with zero attached hydrogens (tertiary/aromatic N) is 3. The maximum atomic E-state index is 12.2. The van der Waals surface area contributed by atoms with Gasteiger partial charge in [-0.05, 0) is 55.5 Å². The van der Waals surface area contributed by atoms with Gasteiger partial charge in [-0.1, -0.05) is 36.4 Å². The molecule has 4 rings (SSSR count). The molecule has 1 heterocycles. The van der Waals surface area contributed by atoms with Crippen molar-refractivity contribution in [3.8, 4) is 5.75 Å². The fourth-order valence-corrected chi connectivity index (χ4v) is 4.30. The van der Waals surface area contributed by atoms with Gasteiger partial charge in [-0.2, -0.15) is 4.98 Å².